The number of hydrogen-bond donors (Lipinski definition) is 1. The van der Waals surface area contributed by atoms with E-state index in [-0.39, 0.29) is 0 Å². The van der Waals surface area contributed by atoms with Crippen LogP contribution in [0.5, 0.6) is 0 Å². The van der Waals surface area contributed by atoms with Gasteiger partial charge in [0.15, 0.2) is 0 Å². The Kier molecular flexibility index (Phi) is 7.36. The predicted molar refractivity (Wildman–Crippen MR) is 74.1 cm³/mol. The Morgan fingerprint density at radius 2 is 1.94 bits per heavy atom. The molecule has 0 rings (SSSR count). The molecule has 0 aliphatic heterocycles. The second-order valence-electron chi connectivity index (χ2n) is 4.27. The van der Waals surface area contributed by atoms with Gasteiger partial charge in [0.25, 0.3) is 0 Å². The van der Waals surface area contributed by atoms with Gasteiger partial charge in [-0.3, -0.25) is 0 Å². The largest absolute Gasteiger partial charge is 0.362 e. The molecule has 1 heteroatoms. The molecule has 0 aliphatic rings. The minimum absolute atomic E-state index is 0.596. The minimum atomic E-state index is 0.596. The fraction of sp³-hybridized carbons (Fsp3) is 0.467. The highest BCUT2D eigenvalue weighted by Gasteiger charge is 2.06. The van der Waals surface area contributed by atoms with Gasteiger partial charge in [-0.1, -0.05) is 31.7 Å². The molecule has 0 bridgehead atoms. The predicted octanol–water partition coefficient (Wildman–Crippen LogP) is 4.56. The molecule has 0 aromatic carbocycles. The molecule has 16 heavy (non-hydrogen) atoms. The average Bonchev–Trinajstić information content (AvgIpc) is 2.26. The monoisotopic (exact) mass is 219 g/mol. The lowest BCUT2D eigenvalue weighted by Crippen LogP contribution is -2.09. The molecule has 90 valence electrons. The number of nitrogens with one attached hydrogen (secondary N) is 1. The quantitative estimate of drug-likeness (QED) is 0.466. The van der Waals surface area contributed by atoms with Crippen LogP contribution < -0.4 is 5.32 Å². The number of hydrogen-bond acceptors (Lipinski definition) is 1. The summed E-state index contributed by atoms with van der Waals surface area (Å²) in [5, 5.41) is 3.16. The Morgan fingerprint density at radius 1 is 1.31 bits per heavy atom. The van der Waals surface area contributed by atoms with Gasteiger partial charge in [-0.25, -0.2) is 0 Å². The Hall–Kier alpha value is -1.24. The van der Waals surface area contributed by atoms with Crippen molar-refractivity contribution in [2.75, 3.05) is 0 Å². The van der Waals surface area contributed by atoms with Gasteiger partial charge in [0, 0.05) is 5.70 Å². The molecular weight excluding hydrogens is 194 g/mol. The van der Waals surface area contributed by atoms with E-state index in [1.54, 1.807) is 6.20 Å². The van der Waals surface area contributed by atoms with Crippen molar-refractivity contribution in [3.63, 3.8) is 0 Å². The number of allylic oxidation sites excluding steroid dienone is 3. The summed E-state index contributed by atoms with van der Waals surface area (Å²) in [7, 11) is 0. The second kappa shape index (κ2) is 7.98. The summed E-state index contributed by atoms with van der Waals surface area (Å²) in [4.78, 5) is 0. The molecule has 0 aromatic rings. The zero-order chi connectivity index (χ0) is 12.6. The lowest BCUT2D eigenvalue weighted by Gasteiger charge is -2.15. The van der Waals surface area contributed by atoms with Gasteiger partial charge < -0.3 is 5.32 Å². The van der Waals surface area contributed by atoms with Crippen molar-refractivity contribution in [1.29, 1.82) is 0 Å². The van der Waals surface area contributed by atoms with E-state index in [1.165, 1.54) is 5.57 Å². The summed E-state index contributed by atoms with van der Waals surface area (Å²) in [5.74, 6) is 0.596. The molecule has 0 amide bonds. The van der Waals surface area contributed by atoms with Gasteiger partial charge >= 0.3 is 0 Å². The van der Waals surface area contributed by atoms with E-state index in [9.17, 15) is 0 Å². The highest BCUT2D eigenvalue weighted by molar-refractivity contribution is 5.31. The Balaban J connectivity index is 4.38. The van der Waals surface area contributed by atoms with Crippen LogP contribution in [0, 0.1) is 5.92 Å². The molecule has 0 aliphatic carbocycles. The van der Waals surface area contributed by atoms with E-state index in [2.05, 4.69) is 45.8 Å². The van der Waals surface area contributed by atoms with Crippen LogP contribution in [-0.2, 0) is 0 Å². The van der Waals surface area contributed by atoms with Gasteiger partial charge in [0.05, 0.1) is 0 Å². The van der Waals surface area contributed by atoms with Crippen LogP contribution in [0.3, 0.4) is 0 Å². The highest BCUT2D eigenvalue weighted by Crippen LogP contribution is 2.20. The third kappa shape index (κ3) is 5.01. The van der Waals surface area contributed by atoms with E-state index in [4.69, 9.17) is 0 Å². The smallest absolute Gasteiger partial charge is 0.0392 e. The summed E-state index contributed by atoms with van der Waals surface area (Å²) < 4.78 is 0. The van der Waals surface area contributed by atoms with Gasteiger partial charge in [-0.15, -0.1) is 6.58 Å². The molecule has 0 heterocycles. The summed E-state index contributed by atoms with van der Waals surface area (Å²) >= 11 is 0. The van der Waals surface area contributed by atoms with Crippen molar-refractivity contribution >= 4 is 0 Å². The average molecular weight is 219 g/mol. The van der Waals surface area contributed by atoms with Crippen molar-refractivity contribution in [2.45, 2.75) is 40.0 Å². The molecule has 0 saturated heterocycles. The zero-order valence-electron chi connectivity index (χ0n) is 11.0. The van der Waals surface area contributed by atoms with E-state index in [1.807, 2.05) is 6.08 Å². The zero-order valence-corrected chi connectivity index (χ0v) is 11.0. The van der Waals surface area contributed by atoms with Gasteiger partial charge in [0.2, 0.25) is 0 Å². The van der Waals surface area contributed by atoms with E-state index in [0.717, 1.165) is 30.5 Å². The molecule has 1 unspecified atom stereocenters. The van der Waals surface area contributed by atoms with Crippen LogP contribution in [0.15, 0.2) is 48.9 Å². The van der Waals surface area contributed by atoms with E-state index >= 15 is 0 Å². The first-order valence-electron chi connectivity index (χ1n) is 5.92. The topological polar surface area (TPSA) is 12.0 Å². The fourth-order valence-corrected chi connectivity index (χ4v) is 1.68. The SMILES string of the molecule is C=CNC(C(=C)CCC(C=C)CC)=C(C)C. The van der Waals surface area contributed by atoms with Crippen molar-refractivity contribution < 1.29 is 0 Å². The summed E-state index contributed by atoms with van der Waals surface area (Å²) in [6.45, 7) is 18.0. The van der Waals surface area contributed by atoms with Crippen LogP contribution in [-0.4, -0.2) is 0 Å². The molecule has 1 nitrogen and oxygen atoms in total. The fourth-order valence-electron chi connectivity index (χ4n) is 1.68. The second-order valence-corrected chi connectivity index (χ2v) is 4.27. The minimum Gasteiger partial charge on any atom is -0.362 e. The highest BCUT2D eigenvalue weighted by atomic mass is 14.8. The maximum absolute atomic E-state index is 4.13. The normalized spacial score (nSPS) is 11.4. The van der Waals surface area contributed by atoms with E-state index in [0.29, 0.717) is 5.92 Å². The Bertz CT molecular complexity index is 280. The van der Waals surface area contributed by atoms with Crippen molar-refractivity contribution in [3.05, 3.63) is 48.9 Å². The van der Waals surface area contributed by atoms with Crippen molar-refractivity contribution in [2.24, 2.45) is 5.92 Å². The molecule has 0 fully saturated rings. The van der Waals surface area contributed by atoms with Gasteiger partial charge in [-0.05, 0) is 50.8 Å². The first kappa shape index (κ1) is 14.8. The van der Waals surface area contributed by atoms with Gasteiger partial charge in [-0.2, -0.15) is 0 Å². The first-order valence-corrected chi connectivity index (χ1v) is 5.92. The molecular formula is C15H25N. The van der Waals surface area contributed by atoms with Crippen LogP contribution in [0.2, 0.25) is 0 Å². The number of rotatable bonds is 8. The summed E-state index contributed by atoms with van der Waals surface area (Å²) in [6, 6.07) is 0. The molecule has 0 saturated carbocycles. The molecule has 1 atom stereocenters. The van der Waals surface area contributed by atoms with Crippen LogP contribution in [0.1, 0.15) is 40.0 Å². The lowest BCUT2D eigenvalue weighted by molar-refractivity contribution is 0.572. The first-order chi connectivity index (χ1) is 7.56. The maximum Gasteiger partial charge on any atom is 0.0392 e. The molecule has 0 spiro atoms. The lowest BCUT2D eigenvalue weighted by atomic mass is 9.96. The van der Waals surface area contributed by atoms with E-state index < -0.39 is 0 Å². The maximum atomic E-state index is 4.13. The van der Waals surface area contributed by atoms with Crippen molar-refractivity contribution in [1.82, 2.24) is 5.32 Å². The Labute approximate surface area is 101 Å². The third-order valence-electron chi connectivity index (χ3n) is 2.77. The Morgan fingerprint density at radius 3 is 2.31 bits per heavy atom. The van der Waals surface area contributed by atoms with Crippen molar-refractivity contribution in [3.8, 4) is 0 Å². The summed E-state index contributed by atoms with van der Waals surface area (Å²) in [6.07, 6.45) is 7.02. The molecule has 0 aromatic heterocycles. The van der Waals surface area contributed by atoms with Crippen LogP contribution >= 0.6 is 0 Å². The molecule has 1 N–H and O–H groups in total. The van der Waals surface area contributed by atoms with Gasteiger partial charge in [0.1, 0.15) is 0 Å². The third-order valence-corrected chi connectivity index (χ3v) is 2.77. The van der Waals surface area contributed by atoms with Crippen LogP contribution in [0.25, 0.3) is 0 Å². The standard InChI is InChI=1S/C15H25N/c1-7-14(8-2)11-10-13(6)15(12(4)5)16-9-3/h7,9,14,16H,1,3,6,8,10-11H2,2,4-5H3. The molecule has 0 radical (unpaired) electrons. The summed E-state index contributed by atoms with van der Waals surface area (Å²) in [5.41, 5.74) is 3.52. The van der Waals surface area contributed by atoms with Crippen LogP contribution in [0.4, 0.5) is 0 Å².